The Kier molecular flexibility index (Phi) is 4.61. The minimum absolute atomic E-state index is 0.0609. The van der Waals surface area contributed by atoms with Crippen molar-refractivity contribution in [3.05, 3.63) is 70.8 Å². The van der Waals surface area contributed by atoms with E-state index in [1.54, 1.807) is 0 Å². The van der Waals surface area contributed by atoms with Gasteiger partial charge in [-0.15, -0.1) is 0 Å². The van der Waals surface area contributed by atoms with Crippen LogP contribution in [0.25, 0.3) is 0 Å². The molecule has 0 atom stereocenters. The zero-order valence-electron chi connectivity index (χ0n) is 14.6. The molecule has 2 aromatic rings. The smallest absolute Gasteiger partial charge is 0.340 e. The highest BCUT2D eigenvalue weighted by atomic mass is 19.3. The van der Waals surface area contributed by atoms with Crippen LogP contribution in [0.15, 0.2) is 48.5 Å². The molecule has 1 N–H and O–H groups in total. The first kappa shape index (κ1) is 18.9. The van der Waals surface area contributed by atoms with Crippen molar-refractivity contribution < 1.29 is 22.7 Å². The highest BCUT2D eigenvalue weighted by Crippen LogP contribution is 2.57. The van der Waals surface area contributed by atoms with E-state index in [1.807, 2.05) is 19.0 Å². The zero-order chi connectivity index (χ0) is 19.2. The maximum absolute atomic E-state index is 14.8. The van der Waals surface area contributed by atoms with Gasteiger partial charge in [0.05, 0.1) is 0 Å². The molecule has 0 aliphatic heterocycles. The van der Waals surface area contributed by atoms with Crippen molar-refractivity contribution in [2.24, 2.45) is 0 Å². The Morgan fingerprint density at radius 1 is 0.769 bits per heavy atom. The van der Waals surface area contributed by atoms with Gasteiger partial charge in [-0.1, -0.05) is 48.5 Å². The number of benzene rings is 2. The average molecular weight is 367 g/mol. The number of fused-ring (bicyclic) bond motifs is 2. The molecule has 6 heteroatoms. The first-order chi connectivity index (χ1) is 12.1. The first-order valence-corrected chi connectivity index (χ1v) is 8.45. The number of aliphatic hydroxyl groups is 1. The predicted molar refractivity (Wildman–Crippen MR) is 91.5 cm³/mol. The van der Waals surface area contributed by atoms with Gasteiger partial charge < -0.3 is 10.0 Å². The largest absolute Gasteiger partial charge is 0.380 e. The molecule has 0 unspecified atom stereocenters. The molecule has 0 fully saturated rings. The van der Waals surface area contributed by atoms with Gasteiger partial charge in [0.1, 0.15) is 5.60 Å². The van der Waals surface area contributed by atoms with Gasteiger partial charge in [-0.25, -0.2) is 0 Å². The van der Waals surface area contributed by atoms with Gasteiger partial charge in [0.2, 0.25) is 0 Å². The lowest BCUT2D eigenvalue weighted by atomic mass is 9.80. The van der Waals surface area contributed by atoms with Gasteiger partial charge in [-0.05, 0) is 44.6 Å². The molecule has 0 radical (unpaired) electrons. The lowest BCUT2D eigenvalue weighted by Crippen LogP contribution is -2.35. The quantitative estimate of drug-likeness (QED) is 0.807. The lowest BCUT2D eigenvalue weighted by molar-refractivity contribution is -0.223. The van der Waals surface area contributed by atoms with Gasteiger partial charge in [-0.2, -0.15) is 17.6 Å². The third kappa shape index (κ3) is 2.72. The average Bonchev–Trinajstić information content (AvgIpc) is 2.64. The molecule has 0 spiro atoms. The number of nitrogens with zero attached hydrogens (tertiary/aromatic N) is 1. The Hall–Kier alpha value is -1.92. The minimum atomic E-state index is -4.42. The van der Waals surface area contributed by atoms with Crippen LogP contribution in [-0.2, 0) is 17.4 Å². The maximum Gasteiger partial charge on any atom is 0.340 e. The SMILES string of the molecule is CN(C)CCCC1(O)c2ccccc2C(F)(F)C(F)(F)c2ccccc21. The molecule has 140 valence electrons. The van der Waals surface area contributed by atoms with Gasteiger partial charge >= 0.3 is 11.8 Å². The van der Waals surface area contributed by atoms with E-state index in [-0.39, 0.29) is 17.5 Å². The summed E-state index contributed by atoms with van der Waals surface area (Å²) in [5.74, 6) is -8.85. The summed E-state index contributed by atoms with van der Waals surface area (Å²) in [6, 6.07) is 10.1. The van der Waals surface area contributed by atoms with Crippen molar-refractivity contribution in [2.45, 2.75) is 30.3 Å². The number of rotatable bonds is 4. The van der Waals surface area contributed by atoms with Gasteiger partial charge in [0, 0.05) is 11.1 Å². The van der Waals surface area contributed by atoms with Crippen LogP contribution in [0.5, 0.6) is 0 Å². The third-order valence-electron chi connectivity index (χ3n) is 4.96. The standard InChI is InChI=1S/C20H21F4NO/c1-25(2)13-7-12-18(26)14-8-3-5-10-16(14)19(21,22)20(23,24)17-11-6-4-9-15(17)18/h3-6,8-11,26H,7,12-13H2,1-2H3. The van der Waals surface area contributed by atoms with Crippen LogP contribution >= 0.6 is 0 Å². The molecule has 3 rings (SSSR count). The monoisotopic (exact) mass is 367 g/mol. The molecule has 0 saturated carbocycles. The summed E-state index contributed by atoms with van der Waals surface area (Å²) in [7, 11) is 3.70. The van der Waals surface area contributed by atoms with Crippen molar-refractivity contribution in [1.82, 2.24) is 4.90 Å². The van der Waals surface area contributed by atoms with E-state index in [0.29, 0.717) is 13.0 Å². The minimum Gasteiger partial charge on any atom is -0.380 e. The highest BCUT2D eigenvalue weighted by Gasteiger charge is 2.64. The fraction of sp³-hybridized carbons (Fsp3) is 0.400. The van der Waals surface area contributed by atoms with Crippen LogP contribution in [0.3, 0.4) is 0 Å². The molecule has 0 saturated heterocycles. The molecule has 26 heavy (non-hydrogen) atoms. The summed E-state index contributed by atoms with van der Waals surface area (Å²) in [6.45, 7) is 0.597. The van der Waals surface area contributed by atoms with Gasteiger partial charge in [-0.3, -0.25) is 0 Å². The fourth-order valence-electron chi connectivity index (χ4n) is 3.64. The highest BCUT2D eigenvalue weighted by molar-refractivity contribution is 5.51. The zero-order valence-corrected chi connectivity index (χ0v) is 14.6. The number of hydrogen-bond donors (Lipinski definition) is 1. The molecule has 1 aliphatic rings. The fourth-order valence-corrected chi connectivity index (χ4v) is 3.64. The first-order valence-electron chi connectivity index (χ1n) is 8.45. The summed E-state index contributed by atoms with van der Waals surface area (Å²) >= 11 is 0. The van der Waals surface area contributed by atoms with Crippen molar-refractivity contribution in [3.8, 4) is 0 Å². The molecular formula is C20H21F4NO. The second-order valence-electron chi connectivity index (χ2n) is 7.01. The van der Waals surface area contributed by atoms with Crippen molar-refractivity contribution >= 4 is 0 Å². The Morgan fingerprint density at radius 3 is 1.54 bits per heavy atom. The van der Waals surface area contributed by atoms with E-state index >= 15 is 0 Å². The molecule has 0 amide bonds. The molecular weight excluding hydrogens is 346 g/mol. The summed E-state index contributed by atoms with van der Waals surface area (Å²) < 4.78 is 59.4. The second-order valence-corrected chi connectivity index (χ2v) is 7.01. The van der Waals surface area contributed by atoms with Crippen LogP contribution < -0.4 is 0 Å². The van der Waals surface area contributed by atoms with Crippen LogP contribution in [-0.4, -0.2) is 30.6 Å². The van der Waals surface area contributed by atoms with E-state index < -0.39 is 28.6 Å². The predicted octanol–water partition coefficient (Wildman–Crippen LogP) is 4.46. The lowest BCUT2D eigenvalue weighted by Gasteiger charge is -2.31. The Labute approximate surface area is 150 Å². The Balaban J connectivity index is 2.28. The molecule has 0 heterocycles. The van der Waals surface area contributed by atoms with E-state index in [1.165, 1.54) is 36.4 Å². The van der Waals surface area contributed by atoms with Crippen LogP contribution in [0.2, 0.25) is 0 Å². The number of halogens is 4. The molecule has 0 bridgehead atoms. The summed E-state index contributed by atoms with van der Waals surface area (Å²) in [6.07, 6.45) is 0.522. The van der Waals surface area contributed by atoms with E-state index in [2.05, 4.69) is 0 Å². The van der Waals surface area contributed by atoms with Crippen molar-refractivity contribution in [1.29, 1.82) is 0 Å². The Morgan fingerprint density at radius 2 is 1.15 bits per heavy atom. The van der Waals surface area contributed by atoms with E-state index in [9.17, 15) is 22.7 Å². The van der Waals surface area contributed by atoms with Crippen molar-refractivity contribution in [2.75, 3.05) is 20.6 Å². The summed E-state index contributed by atoms with van der Waals surface area (Å²) in [5, 5.41) is 11.4. The molecule has 0 aromatic heterocycles. The second kappa shape index (κ2) is 6.35. The summed E-state index contributed by atoms with van der Waals surface area (Å²) in [4.78, 5) is 1.89. The molecule has 1 aliphatic carbocycles. The number of hydrogen-bond acceptors (Lipinski definition) is 2. The molecule has 2 aromatic carbocycles. The maximum atomic E-state index is 14.8. The van der Waals surface area contributed by atoms with E-state index in [0.717, 1.165) is 12.1 Å². The summed E-state index contributed by atoms with van der Waals surface area (Å²) in [5.41, 5.74) is -3.88. The number of alkyl halides is 4. The van der Waals surface area contributed by atoms with Gasteiger partial charge in [0.15, 0.2) is 0 Å². The van der Waals surface area contributed by atoms with Crippen LogP contribution in [0.4, 0.5) is 17.6 Å². The normalized spacial score (nSPS) is 19.5. The van der Waals surface area contributed by atoms with Crippen molar-refractivity contribution in [3.63, 3.8) is 0 Å². The van der Waals surface area contributed by atoms with E-state index in [4.69, 9.17) is 0 Å². The van der Waals surface area contributed by atoms with Crippen LogP contribution in [0, 0.1) is 0 Å². The topological polar surface area (TPSA) is 23.5 Å². The Bertz CT molecular complexity index is 746. The molecule has 2 nitrogen and oxygen atoms in total. The van der Waals surface area contributed by atoms with Crippen LogP contribution in [0.1, 0.15) is 35.1 Å². The third-order valence-corrected chi connectivity index (χ3v) is 4.96. The van der Waals surface area contributed by atoms with Gasteiger partial charge in [0.25, 0.3) is 0 Å².